The van der Waals surface area contributed by atoms with Crippen LogP contribution in [-0.4, -0.2) is 29.6 Å². The fourth-order valence-corrected chi connectivity index (χ4v) is 3.21. The minimum absolute atomic E-state index is 0.0147. The summed E-state index contributed by atoms with van der Waals surface area (Å²) in [6, 6.07) is 0. The molecule has 0 spiro atoms. The summed E-state index contributed by atoms with van der Waals surface area (Å²) in [5.74, 6) is 0. The van der Waals surface area contributed by atoms with Crippen LogP contribution in [0.25, 0.3) is 0 Å². The van der Waals surface area contributed by atoms with Crippen molar-refractivity contribution >= 4 is 0 Å². The predicted molar refractivity (Wildman–Crippen MR) is 107 cm³/mol. The minimum atomic E-state index is -0.731. The summed E-state index contributed by atoms with van der Waals surface area (Å²) in [6.45, 7) is 11.4. The van der Waals surface area contributed by atoms with Crippen LogP contribution in [0.1, 0.15) is 53.9 Å². The Morgan fingerprint density at radius 1 is 1.24 bits per heavy atom. The lowest BCUT2D eigenvalue weighted by molar-refractivity contribution is 0.170. The SMILES string of the molecule is CC1=C(/C=C/C(C)=C/C=C/C(C)=C/C(O)NCCO)C(C)(C)CCC1. The lowest BCUT2D eigenvalue weighted by Gasteiger charge is -2.32. The lowest BCUT2D eigenvalue weighted by Crippen LogP contribution is -2.29. The van der Waals surface area contributed by atoms with Gasteiger partial charge in [-0.3, -0.25) is 5.32 Å². The molecule has 0 aromatic heterocycles. The van der Waals surface area contributed by atoms with E-state index in [1.165, 1.54) is 36.0 Å². The largest absolute Gasteiger partial charge is 0.395 e. The summed E-state index contributed by atoms with van der Waals surface area (Å²) in [5.41, 5.74) is 5.43. The molecule has 0 fully saturated rings. The molecule has 3 nitrogen and oxygen atoms in total. The van der Waals surface area contributed by atoms with Gasteiger partial charge in [-0.2, -0.15) is 0 Å². The second kappa shape index (κ2) is 10.5. The van der Waals surface area contributed by atoms with Crippen LogP contribution in [0, 0.1) is 5.41 Å². The molecule has 0 saturated carbocycles. The number of aliphatic hydroxyl groups is 2. The first-order chi connectivity index (χ1) is 11.8. The lowest BCUT2D eigenvalue weighted by atomic mass is 9.72. The van der Waals surface area contributed by atoms with Crippen LogP contribution in [0.15, 0.2) is 58.7 Å². The van der Waals surface area contributed by atoms with Gasteiger partial charge in [0, 0.05) is 6.54 Å². The second-order valence-electron chi connectivity index (χ2n) is 7.57. The average molecular weight is 346 g/mol. The van der Waals surface area contributed by atoms with Gasteiger partial charge in [-0.25, -0.2) is 0 Å². The molecule has 1 unspecified atom stereocenters. The number of aliphatic hydroxyl groups excluding tert-OH is 2. The maximum Gasteiger partial charge on any atom is 0.124 e. The topological polar surface area (TPSA) is 52.5 Å². The van der Waals surface area contributed by atoms with Crippen molar-refractivity contribution in [1.82, 2.24) is 5.32 Å². The smallest absolute Gasteiger partial charge is 0.124 e. The molecule has 0 radical (unpaired) electrons. The van der Waals surface area contributed by atoms with Crippen LogP contribution in [0.4, 0.5) is 0 Å². The van der Waals surface area contributed by atoms with Gasteiger partial charge in [-0.15, -0.1) is 0 Å². The molecule has 1 atom stereocenters. The van der Waals surface area contributed by atoms with Crippen molar-refractivity contribution in [3.8, 4) is 0 Å². The van der Waals surface area contributed by atoms with E-state index in [0.717, 1.165) is 5.57 Å². The highest BCUT2D eigenvalue weighted by atomic mass is 16.3. The molecule has 3 heteroatoms. The molecule has 0 saturated heterocycles. The fourth-order valence-electron chi connectivity index (χ4n) is 3.21. The highest BCUT2D eigenvalue weighted by Crippen LogP contribution is 2.40. The molecule has 1 aliphatic rings. The Kier molecular flexibility index (Phi) is 9.12. The third-order valence-corrected chi connectivity index (χ3v) is 4.66. The van der Waals surface area contributed by atoms with E-state index in [2.05, 4.69) is 51.2 Å². The first kappa shape index (κ1) is 21.6. The van der Waals surface area contributed by atoms with Crippen molar-refractivity contribution in [1.29, 1.82) is 0 Å². The van der Waals surface area contributed by atoms with Gasteiger partial charge in [0.1, 0.15) is 6.23 Å². The first-order valence-corrected chi connectivity index (χ1v) is 9.20. The van der Waals surface area contributed by atoms with E-state index < -0.39 is 6.23 Å². The number of allylic oxidation sites excluding steroid dienone is 9. The number of nitrogens with one attached hydrogen (secondary N) is 1. The molecule has 0 aromatic rings. The average Bonchev–Trinajstić information content (AvgIpc) is 2.51. The zero-order valence-corrected chi connectivity index (χ0v) is 16.5. The summed E-state index contributed by atoms with van der Waals surface area (Å²) in [5, 5.41) is 21.2. The molecule has 0 aliphatic heterocycles. The summed E-state index contributed by atoms with van der Waals surface area (Å²) in [4.78, 5) is 0. The van der Waals surface area contributed by atoms with Crippen molar-refractivity contribution in [2.45, 2.75) is 60.1 Å². The summed E-state index contributed by atoms with van der Waals surface area (Å²) in [7, 11) is 0. The molecule has 1 rings (SSSR count). The van der Waals surface area contributed by atoms with Crippen molar-refractivity contribution in [3.05, 3.63) is 58.7 Å². The van der Waals surface area contributed by atoms with Crippen molar-refractivity contribution in [2.24, 2.45) is 5.41 Å². The molecule has 0 amide bonds. The Bertz CT molecular complexity index is 577. The van der Waals surface area contributed by atoms with Crippen LogP contribution in [0.3, 0.4) is 0 Å². The van der Waals surface area contributed by atoms with Crippen molar-refractivity contribution < 1.29 is 10.2 Å². The Balaban J connectivity index is 2.68. The van der Waals surface area contributed by atoms with E-state index >= 15 is 0 Å². The van der Waals surface area contributed by atoms with Gasteiger partial charge in [0.2, 0.25) is 0 Å². The van der Waals surface area contributed by atoms with E-state index in [-0.39, 0.29) is 12.0 Å². The summed E-state index contributed by atoms with van der Waals surface area (Å²) < 4.78 is 0. The molecule has 140 valence electrons. The van der Waals surface area contributed by atoms with Crippen LogP contribution in [-0.2, 0) is 0 Å². The summed E-state index contributed by atoms with van der Waals surface area (Å²) in [6.07, 6.45) is 15.3. The van der Waals surface area contributed by atoms with Crippen LogP contribution < -0.4 is 5.32 Å². The Labute approximate surface area is 153 Å². The van der Waals surface area contributed by atoms with Gasteiger partial charge in [0.05, 0.1) is 6.61 Å². The number of hydrogen-bond donors (Lipinski definition) is 3. The zero-order chi connectivity index (χ0) is 18.9. The molecule has 0 heterocycles. The van der Waals surface area contributed by atoms with Crippen LogP contribution in [0.5, 0.6) is 0 Å². The maximum atomic E-state index is 9.70. The molecular formula is C22H35NO2. The fraction of sp³-hybridized carbons (Fsp3) is 0.545. The van der Waals surface area contributed by atoms with E-state index in [0.29, 0.717) is 6.54 Å². The molecule has 1 aliphatic carbocycles. The van der Waals surface area contributed by atoms with Crippen molar-refractivity contribution in [2.75, 3.05) is 13.2 Å². The molecule has 0 bridgehead atoms. The highest BCUT2D eigenvalue weighted by Gasteiger charge is 2.26. The van der Waals surface area contributed by atoms with Gasteiger partial charge in [-0.1, -0.05) is 60.9 Å². The Hall–Kier alpha value is -1.42. The van der Waals surface area contributed by atoms with E-state index in [9.17, 15) is 5.11 Å². The molecule has 0 aromatic carbocycles. The van der Waals surface area contributed by atoms with Gasteiger partial charge in [0.15, 0.2) is 0 Å². The van der Waals surface area contributed by atoms with Gasteiger partial charge in [0.25, 0.3) is 0 Å². The highest BCUT2D eigenvalue weighted by molar-refractivity contribution is 5.37. The number of rotatable bonds is 8. The Morgan fingerprint density at radius 2 is 1.96 bits per heavy atom. The second-order valence-corrected chi connectivity index (χ2v) is 7.57. The summed E-state index contributed by atoms with van der Waals surface area (Å²) >= 11 is 0. The molecular weight excluding hydrogens is 310 g/mol. The minimum Gasteiger partial charge on any atom is -0.395 e. The van der Waals surface area contributed by atoms with Crippen LogP contribution in [0.2, 0.25) is 0 Å². The third-order valence-electron chi connectivity index (χ3n) is 4.66. The van der Waals surface area contributed by atoms with E-state index in [4.69, 9.17) is 5.11 Å². The van der Waals surface area contributed by atoms with Crippen LogP contribution >= 0.6 is 0 Å². The molecule has 3 N–H and O–H groups in total. The van der Waals surface area contributed by atoms with Crippen molar-refractivity contribution in [3.63, 3.8) is 0 Å². The maximum absolute atomic E-state index is 9.70. The molecule has 25 heavy (non-hydrogen) atoms. The monoisotopic (exact) mass is 345 g/mol. The first-order valence-electron chi connectivity index (χ1n) is 9.20. The van der Waals surface area contributed by atoms with Gasteiger partial charge < -0.3 is 10.2 Å². The van der Waals surface area contributed by atoms with E-state index in [1.54, 1.807) is 6.08 Å². The number of hydrogen-bond acceptors (Lipinski definition) is 3. The third kappa shape index (κ3) is 8.00. The standard InChI is InChI=1S/C22H35NO2/c1-17(8-6-9-18(2)16-21(25)23-14-15-24)11-12-20-19(3)10-7-13-22(20,4)5/h6,8-9,11-12,16,21,23-25H,7,10,13-15H2,1-5H3/b9-6+,12-11+,17-8+,18-16+. The normalized spacial score (nSPS) is 20.8. The quantitative estimate of drug-likeness (QED) is 0.451. The predicted octanol–water partition coefficient (Wildman–Crippen LogP) is 4.42. The van der Waals surface area contributed by atoms with Gasteiger partial charge in [-0.05, 0) is 57.1 Å². The van der Waals surface area contributed by atoms with Gasteiger partial charge >= 0.3 is 0 Å². The Morgan fingerprint density at radius 3 is 2.60 bits per heavy atom. The zero-order valence-electron chi connectivity index (χ0n) is 16.5. The van der Waals surface area contributed by atoms with E-state index in [1.807, 2.05) is 19.1 Å².